The number of aromatic nitrogens is 3. The van der Waals surface area contributed by atoms with Gasteiger partial charge in [0.2, 0.25) is 0 Å². The van der Waals surface area contributed by atoms with Gasteiger partial charge in [-0.05, 0) is 32.9 Å². The Bertz CT molecular complexity index is 692. The molecule has 0 saturated carbocycles. The van der Waals surface area contributed by atoms with Gasteiger partial charge in [0.1, 0.15) is 5.82 Å². The van der Waals surface area contributed by atoms with Crippen LogP contribution in [0.25, 0.3) is 0 Å². The number of carbonyl (C=O) groups excluding carboxylic acids is 1. The van der Waals surface area contributed by atoms with Gasteiger partial charge in [-0.3, -0.25) is 10.3 Å². The summed E-state index contributed by atoms with van der Waals surface area (Å²) >= 11 is 0. The number of urea groups is 1. The van der Waals surface area contributed by atoms with Crippen molar-refractivity contribution in [3.05, 3.63) is 41.9 Å². The molecular weight excluding hydrogens is 302 g/mol. The fourth-order valence-electron chi connectivity index (χ4n) is 2.18. The third-order valence-electron chi connectivity index (χ3n) is 3.51. The maximum Gasteiger partial charge on any atom is 0.320 e. The number of carbonyl (C=O) groups is 1. The average molecular weight is 329 g/mol. The van der Waals surface area contributed by atoms with Crippen molar-refractivity contribution in [1.29, 1.82) is 0 Å². The van der Waals surface area contributed by atoms with Crippen LogP contribution in [0.5, 0.6) is 0 Å². The molecule has 0 bridgehead atoms. The Hall–Kier alpha value is -2.37. The lowest BCUT2D eigenvalue weighted by Gasteiger charge is -2.23. The average Bonchev–Trinajstić information content (AvgIpc) is 2.90. The second kappa shape index (κ2) is 6.63. The smallest absolute Gasteiger partial charge is 0.320 e. The fraction of sp³-hybridized carbons (Fsp3) is 0.500. The van der Waals surface area contributed by atoms with Crippen molar-refractivity contribution in [3.63, 3.8) is 0 Å². The van der Waals surface area contributed by atoms with Crippen LogP contribution in [-0.4, -0.2) is 20.8 Å². The van der Waals surface area contributed by atoms with Gasteiger partial charge < -0.3 is 5.32 Å². The van der Waals surface area contributed by atoms with Crippen molar-refractivity contribution in [2.75, 3.05) is 5.32 Å². The minimum absolute atomic E-state index is 0.0859. The van der Waals surface area contributed by atoms with Crippen LogP contribution < -0.4 is 10.6 Å². The molecule has 2 heterocycles. The molecule has 0 aromatic carbocycles. The minimum Gasteiger partial charge on any atom is -0.332 e. The Labute approximate surface area is 143 Å². The summed E-state index contributed by atoms with van der Waals surface area (Å²) in [6.45, 7) is 12.9. The maximum absolute atomic E-state index is 12.2. The zero-order valence-electron chi connectivity index (χ0n) is 15.3. The molecule has 0 fully saturated rings. The minimum atomic E-state index is -0.272. The highest BCUT2D eigenvalue weighted by molar-refractivity contribution is 5.88. The Morgan fingerprint density at radius 2 is 1.88 bits per heavy atom. The molecule has 130 valence electrons. The van der Waals surface area contributed by atoms with Crippen LogP contribution in [0.15, 0.2) is 30.5 Å². The van der Waals surface area contributed by atoms with E-state index in [-0.39, 0.29) is 17.0 Å². The Morgan fingerprint density at radius 3 is 2.42 bits per heavy atom. The Balaban J connectivity index is 2.13. The number of pyridine rings is 1. The molecule has 2 aromatic rings. The van der Waals surface area contributed by atoms with Crippen LogP contribution in [-0.2, 0) is 17.5 Å². The van der Waals surface area contributed by atoms with Gasteiger partial charge in [0.25, 0.3) is 0 Å². The van der Waals surface area contributed by atoms with Crippen LogP contribution >= 0.6 is 0 Å². The van der Waals surface area contributed by atoms with E-state index in [0.29, 0.717) is 12.4 Å². The molecule has 0 aliphatic heterocycles. The quantitative estimate of drug-likeness (QED) is 0.903. The van der Waals surface area contributed by atoms with E-state index in [1.54, 1.807) is 6.20 Å². The lowest BCUT2D eigenvalue weighted by Crippen LogP contribution is -2.32. The van der Waals surface area contributed by atoms with E-state index in [1.807, 2.05) is 28.9 Å². The largest absolute Gasteiger partial charge is 0.332 e. The SMILES string of the molecule is CC(C)(C)c1cc(NC(=O)NCc2ccccn2)n(C(C)(C)C)n1. The molecule has 0 spiro atoms. The zero-order valence-corrected chi connectivity index (χ0v) is 15.3. The lowest BCUT2D eigenvalue weighted by molar-refractivity contribution is 0.251. The predicted octanol–water partition coefficient (Wildman–Crippen LogP) is 3.65. The van der Waals surface area contributed by atoms with Gasteiger partial charge in [-0.1, -0.05) is 26.8 Å². The summed E-state index contributed by atoms with van der Waals surface area (Å²) in [7, 11) is 0. The van der Waals surface area contributed by atoms with Crippen LogP contribution in [0.3, 0.4) is 0 Å². The molecular formula is C18H27N5O. The third-order valence-corrected chi connectivity index (χ3v) is 3.51. The Morgan fingerprint density at radius 1 is 1.17 bits per heavy atom. The number of nitrogens with one attached hydrogen (secondary N) is 2. The van der Waals surface area contributed by atoms with Gasteiger partial charge in [0.05, 0.1) is 23.5 Å². The molecule has 0 unspecified atom stereocenters. The molecule has 0 atom stereocenters. The zero-order chi connectivity index (χ0) is 18.0. The highest BCUT2D eigenvalue weighted by Gasteiger charge is 2.25. The molecule has 24 heavy (non-hydrogen) atoms. The molecule has 0 radical (unpaired) electrons. The van der Waals surface area contributed by atoms with Crippen molar-refractivity contribution < 1.29 is 4.79 Å². The van der Waals surface area contributed by atoms with Crippen LogP contribution in [0.2, 0.25) is 0 Å². The van der Waals surface area contributed by atoms with E-state index in [9.17, 15) is 4.79 Å². The first-order valence-corrected chi connectivity index (χ1v) is 8.13. The lowest BCUT2D eigenvalue weighted by atomic mass is 9.92. The van der Waals surface area contributed by atoms with Gasteiger partial charge in [0.15, 0.2) is 0 Å². The van der Waals surface area contributed by atoms with Gasteiger partial charge in [-0.25, -0.2) is 9.48 Å². The van der Waals surface area contributed by atoms with Crippen molar-refractivity contribution >= 4 is 11.8 Å². The standard InChI is InChI=1S/C18H27N5O/c1-17(2,3)14-11-15(23(22-14)18(4,5)6)21-16(24)20-12-13-9-7-8-10-19-13/h7-11H,12H2,1-6H3,(H2,20,21,24). The van der Waals surface area contributed by atoms with E-state index in [1.165, 1.54) is 0 Å². The highest BCUT2D eigenvalue weighted by Crippen LogP contribution is 2.28. The van der Waals surface area contributed by atoms with E-state index in [2.05, 4.69) is 62.3 Å². The molecule has 2 N–H and O–H groups in total. The summed E-state index contributed by atoms with van der Waals surface area (Å²) in [4.78, 5) is 16.4. The number of anilines is 1. The monoisotopic (exact) mass is 329 g/mol. The van der Waals surface area contributed by atoms with Crippen molar-refractivity contribution in [3.8, 4) is 0 Å². The summed E-state index contributed by atoms with van der Waals surface area (Å²) < 4.78 is 1.86. The van der Waals surface area contributed by atoms with E-state index >= 15 is 0 Å². The molecule has 2 amide bonds. The van der Waals surface area contributed by atoms with Crippen LogP contribution in [0, 0.1) is 0 Å². The summed E-state index contributed by atoms with van der Waals surface area (Å²) in [5, 5.41) is 10.4. The maximum atomic E-state index is 12.2. The summed E-state index contributed by atoms with van der Waals surface area (Å²) in [5.74, 6) is 0.686. The fourth-order valence-corrected chi connectivity index (χ4v) is 2.18. The van der Waals surface area contributed by atoms with Gasteiger partial charge >= 0.3 is 6.03 Å². The summed E-state index contributed by atoms with van der Waals surface area (Å²) in [6, 6.07) is 7.28. The second-order valence-corrected chi connectivity index (χ2v) is 7.88. The van der Waals surface area contributed by atoms with Gasteiger partial charge in [0, 0.05) is 17.7 Å². The van der Waals surface area contributed by atoms with Crippen LogP contribution in [0.1, 0.15) is 52.9 Å². The molecule has 6 nitrogen and oxygen atoms in total. The predicted molar refractivity (Wildman–Crippen MR) is 96.0 cm³/mol. The highest BCUT2D eigenvalue weighted by atomic mass is 16.2. The molecule has 2 rings (SSSR count). The molecule has 0 saturated heterocycles. The summed E-state index contributed by atoms with van der Waals surface area (Å²) in [6.07, 6.45) is 1.71. The number of nitrogens with zero attached hydrogens (tertiary/aromatic N) is 3. The number of amides is 2. The normalized spacial score (nSPS) is 12.1. The number of hydrogen-bond donors (Lipinski definition) is 2. The first kappa shape index (κ1) is 18.0. The van der Waals surface area contributed by atoms with E-state index < -0.39 is 0 Å². The van der Waals surface area contributed by atoms with E-state index in [4.69, 9.17) is 0 Å². The van der Waals surface area contributed by atoms with E-state index in [0.717, 1.165) is 11.4 Å². The topological polar surface area (TPSA) is 71.8 Å². The molecule has 2 aromatic heterocycles. The third kappa shape index (κ3) is 4.57. The first-order valence-electron chi connectivity index (χ1n) is 8.13. The van der Waals surface area contributed by atoms with Gasteiger partial charge in [-0.2, -0.15) is 5.10 Å². The molecule has 0 aliphatic rings. The Kier molecular flexibility index (Phi) is 4.96. The summed E-state index contributed by atoms with van der Waals surface area (Å²) in [5.41, 5.74) is 1.44. The molecule has 0 aliphatic carbocycles. The second-order valence-electron chi connectivity index (χ2n) is 7.88. The molecule has 6 heteroatoms. The van der Waals surface area contributed by atoms with Crippen molar-refractivity contribution in [1.82, 2.24) is 20.1 Å². The number of hydrogen-bond acceptors (Lipinski definition) is 3. The van der Waals surface area contributed by atoms with Crippen molar-refractivity contribution in [2.24, 2.45) is 0 Å². The van der Waals surface area contributed by atoms with Crippen molar-refractivity contribution in [2.45, 2.75) is 59.0 Å². The van der Waals surface area contributed by atoms with Gasteiger partial charge in [-0.15, -0.1) is 0 Å². The van der Waals surface area contributed by atoms with Crippen LogP contribution in [0.4, 0.5) is 10.6 Å². The number of rotatable bonds is 3. The first-order chi connectivity index (χ1) is 11.1.